The first-order chi connectivity index (χ1) is 11.8. The SMILES string of the molecule is CC(C)(C)c1ccccc1O.CC(C)(C)c1ccccc1O.OP(O)O. The topological polar surface area (TPSA) is 101 Å². The van der Waals surface area contributed by atoms with E-state index in [1.807, 2.05) is 36.4 Å². The minimum absolute atomic E-state index is 0.0331. The third-order valence-electron chi connectivity index (χ3n) is 3.42. The van der Waals surface area contributed by atoms with Crippen LogP contribution in [0.2, 0.25) is 0 Å². The van der Waals surface area contributed by atoms with Gasteiger partial charge in [-0.1, -0.05) is 77.9 Å². The van der Waals surface area contributed by atoms with Gasteiger partial charge in [-0.3, -0.25) is 0 Å². The van der Waals surface area contributed by atoms with Crippen LogP contribution in [-0.2, 0) is 10.8 Å². The highest BCUT2D eigenvalue weighted by Crippen LogP contribution is 2.30. The van der Waals surface area contributed by atoms with E-state index in [9.17, 15) is 10.2 Å². The molecule has 5 N–H and O–H groups in total. The van der Waals surface area contributed by atoms with Crippen LogP contribution in [0.25, 0.3) is 0 Å². The lowest BCUT2D eigenvalue weighted by Crippen LogP contribution is -2.10. The van der Waals surface area contributed by atoms with Crippen molar-refractivity contribution in [2.45, 2.75) is 52.4 Å². The van der Waals surface area contributed by atoms with Gasteiger partial charge in [0, 0.05) is 0 Å². The van der Waals surface area contributed by atoms with E-state index in [0.717, 1.165) is 11.1 Å². The van der Waals surface area contributed by atoms with Crippen LogP contribution in [0.1, 0.15) is 52.7 Å². The highest BCUT2D eigenvalue weighted by atomic mass is 31.2. The molecule has 2 aromatic rings. The third kappa shape index (κ3) is 9.73. The van der Waals surface area contributed by atoms with Crippen LogP contribution >= 0.6 is 8.60 Å². The fraction of sp³-hybridized carbons (Fsp3) is 0.400. The summed E-state index contributed by atoms with van der Waals surface area (Å²) in [7, 11) is -2.62. The molecule has 5 nitrogen and oxygen atoms in total. The second kappa shape index (κ2) is 10.5. The Morgan fingerprint density at radius 3 is 0.962 bits per heavy atom. The Morgan fingerprint density at radius 1 is 0.577 bits per heavy atom. The molecular formula is C20H31O5P. The van der Waals surface area contributed by atoms with Crippen molar-refractivity contribution in [3.63, 3.8) is 0 Å². The van der Waals surface area contributed by atoms with E-state index in [2.05, 4.69) is 41.5 Å². The van der Waals surface area contributed by atoms with E-state index in [1.54, 1.807) is 12.1 Å². The van der Waals surface area contributed by atoms with Crippen LogP contribution in [0, 0.1) is 0 Å². The highest BCUT2D eigenvalue weighted by Gasteiger charge is 2.17. The van der Waals surface area contributed by atoms with Gasteiger partial charge in [0.05, 0.1) is 0 Å². The number of para-hydroxylation sites is 2. The lowest BCUT2D eigenvalue weighted by atomic mass is 9.86. The predicted molar refractivity (Wildman–Crippen MR) is 107 cm³/mol. The maximum Gasteiger partial charge on any atom is 0.324 e. The number of benzene rings is 2. The minimum atomic E-state index is -2.62. The highest BCUT2D eigenvalue weighted by molar-refractivity contribution is 7.38. The Morgan fingerprint density at radius 2 is 0.808 bits per heavy atom. The van der Waals surface area contributed by atoms with Crippen molar-refractivity contribution < 1.29 is 24.9 Å². The fourth-order valence-corrected chi connectivity index (χ4v) is 2.22. The Bertz CT molecular complexity index is 599. The van der Waals surface area contributed by atoms with Crippen molar-refractivity contribution >= 4 is 8.60 Å². The Hall–Kier alpha value is -1.65. The summed E-state index contributed by atoms with van der Waals surface area (Å²) in [6.07, 6.45) is 0. The first-order valence-corrected chi connectivity index (χ1v) is 9.40. The van der Waals surface area contributed by atoms with Crippen LogP contribution in [-0.4, -0.2) is 24.9 Å². The summed E-state index contributed by atoms with van der Waals surface area (Å²) in [6, 6.07) is 14.9. The van der Waals surface area contributed by atoms with Crippen molar-refractivity contribution in [1.82, 2.24) is 0 Å². The van der Waals surface area contributed by atoms with Gasteiger partial charge < -0.3 is 24.9 Å². The van der Waals surface area contributed by atoms with Gasteiger partial charge in [-0.05, 0) is 34.1 Å². The van der Waals surface area contributed by atoms with E-state index in [0.29, 0.717) is 11.5 Å². The van der Waals surface area contributed by atoms with Gasteiger partial charge in [-0.15, -0.1) is 0 Å². The molecule has 0 aliphatic heterocycles. The zero-order chi connectivity index (χ0) is 20.5. The first-order valence-electron chi connectivity index (χ1n) is 8.20. The molecule has 0 heterocycles. The van der Waals surface area contributed by atoms with E-state index < -0.39 is 8.60 Å². The van der Waals surface area contributed by atoms with Gasteiger partial charge in [0.1, 0.15) is 11.5 Å². The molecule has 26 heavy (non-hydrogen) atoms. The quantitative estimate of drug-likeness (QED) is 0.430. The Balaban J connectivity index is 0.000000401. The molecule has 0 saturated carbocycles. The summed E-state index contributed by atoms with van der Waals surface area (Å²) in [5, 5.41) is 18.9. The van der Waals surface area contributed by atoms with E-state index in [1.165, 1.54) is 0 Å². The second-order valence-corrected chi connectivity index (χ2v) is 8.34. The lowest BCUT2D eigenvalue weighted by Gasteiger charge is -2.19. The molecule has 0 spiro atoms. The predicted octanol–water partition coefficient (Wildman–Crippen LogP) is 4.57. The maximum atomic E-state index is 9.45. The molecule has 146 valence electrons. The zero-order valence-electron chi connectivity index (χ0n) is 16.3. The van der Waals surface area contributed by atoms with Gasteiger partial charge in [-0.25, -0.2) is 0 Å². The molecule has 0 aliphatic rings. The van der Waals surface area contributed by atoms with Crippen LogP contribution in [0.15, 0.2) is 48.5 Å². The number of hydrogen-bond acceptors (Lipinski definition) is 5. The molecule has 0 unspecified atom stereocenters. The molecule has 0 amide bonds. The van der Waals surface area contributed by atoms with Crippen LogP contribution in [0.4, 0.5) is 0 Å². The molecule has 6 heteroatoms. The van der Waals surface area contributed by atoms with Gasteiger partial charge in [0.15, 0.2) is 0 Å². The lowest BCUT2D eigenvalue weighted by molar-refractivity contribution is 0.368. The first kappa shape index (κ1) is 24.4. The monoisotopic (exact) mass is 382 g/mol. The van der Waals surface area contributed by atoms with Crippen molar-refractivity contribution in [3.8, 4) is 11.5 Å². The average molecular weight is 382 g/mol. The van der Waals surface area contributed by atoms with Crippen LogP contribution in [0.5, 0.6) is 11.5 Å². The number of hydrogen-bond donors (Lipinski definition) is 5. The number of phenols is 2. The van der Waals surface area contributed by atoms with E-state index in [-0.39, 0.29) is 10.8 Å². The van der Waals surface area contributed by atoms with Gasteiger partial charge >= 0.3 is 8.60 Å². The summed E-state index contributed by atoms with van der Waals surface area (Å²) in [4.78, 5) is 21.7. The van der Waals surface area contributed by atoms with Crippen LogP contribution in [0.3, 0.4) is 0 Å². The smallest absolute Gasteiger partial charge is 0.324 e. The summed E-state index contributed by atoms with van der Waals surface area (Å²) >= 11 is 0. The molecule has 0 aliphatic carbocycles. The molecule has 0 aromatic heterocycles. The van der Waals surface area contributed by atoms with E-state index >= 15 is 0 Å². The Kier molecular flexibility index (Phi) is 9.82. The normalized spacial score (nSPS) is 11.2. The van der Waals surface area contributed by atoms with Crippen molar-refractivity contribution in [2.24, 2.45) is 0 Å². The third-order valence-corrected chi connectivity index (χ3v) is 3.42. The van der Waals surface area contributed by atoms with E-state index in [4.69, 9.17) is 14.7 Å². The summed E-state index contributed by atoms with van der Waals surface area (Å²) in [5.41, 5.74) is 2.07. The van der Waals surface area contributed by atoms with Crippen LogP contribution < -0.4 is 0 Å². The molecule has 0 radical (unpaired) electrons. The fourth-order valence-electron chi connectivity index (χ4n) is 2.22. The minimum Gasteiger partial charge on any atom is -0.508 e. The number of rotatable bonds is 0. The molecule has 2 rings (SSSR count). The molecule has 0 saturated heterocycles. The summed E-state index contributed by atoms with van der Waals surface area (Å²) < 4.78 is 0. The van der Waals surface area contributed by atoms with Crippen molar-refractivity contribution in [1.29, 1.82) is 0 Å². The van der Waals surface area contributed by atoms with Gasteiger partial charge in [0.2, 0.25) is 0 Å². The molecule has 2 aromatic carbocycles. The summed E-state index contributed by atoms with van der Waals surface area (Å²) in [5.74, 6) is 0.778. The van der Waals surface area contributed by atoms with Crippen molar-refractivity contribution in [2.75, 3.05) is 0 Å². The molecular weight excluding hydrogens is 351 g/mol. The van der Waals surface area contributed by atoms with Gasteiger partial charge in [0.25, 0.3) is 0 Å². The van der Waals surface area contributed by atoms with Gasteiger partial charge in [-0.2, -0.15) is 0 Å². The maximum absolute atomic E-state index is 9.45. The standard InChI is InChI=1S/2C10H14O.H3O3P/c2*1-10(2,3)8-6-4-5-7-9(8)11;1-4(2)3/h2*4-7,11H,1-3H3;1-3H. The number of phenolic OH excluding ortho intramolecular Hbond substituents is 2. The molecule has 0 bridgehead atoms. The molecule has 0 fully saturated rings. The zero-order valence-corrected chi connectivity index (χ0v) is 17.2. The molecule has 0 atom stereocenters. The Labute approximate surface area is 157 Å². The second-order valence-electron chi connectivity index (χ2n) is 7.80. The summed E-state index contributed by atoms with van der Waals surface area (Å²) in [6.45, 7) is 12.5. The average Bonchev–Trinajstić information content (AvgIpc) is 2.46. The largest absolute Gasteiger partial charge is 0.508 e. The van der Waals surface area contributed by atoms with Crippen molar-refractivity contribution in [3.05, 3.63) is 59.7 Å². The number of aromatic hydroxyl groups is 2.